The Labute approximate surface area is 373 Å². The van der Waals surface area contributed by atoms with Gasteiger partial charge in [0.1, 0.15) is 11.6 Å². The van der Waals surface area contributed by atoms with Crippen LogP contribution in [0.3, 0.4) is 0 Å². The van der Waals surface area contributed by atoms with Gasteiger partial charge in [0.2, 0.25) is 0 Å². The lowest BCUT2D eigenvalue weighted by atomic mass is 9.68. The van der Waals surface area contributed by atoms with Crippen LogP contribution in [0.25, 0.3) is 55.6 Å². The molecule has 4 aliphatic rings. The number of hydrogen-bond acceptors (Lipinski definition) is 1. The molecule has 306 valence electrons. The van der Waals surface area contributed by atoms with E-state index in [1.165, 1.54) is 56.6 Å². The van der Waals surface area contributed by atoms with Gasteiger partial charge in [0.25, 0.3) is 0 Å². The van der Waals surface area contributed by atoms with Gasteiger partial charge in [-0.25, -0.2) is 8.78 Å². The minimum atomic E-state index is -0.911. The maximum absolute atomic E-state index is 15.6. The lowest BCUT2D eigenvalue weighted by molar-refractivity contribution is 0.618. The van der Waals surface area contributed by atoms with Crippen LogP contribution < -0.4 is 4.90 Å². The molecular weight excluding hydrogens is 785 g/mol. The monoisotopic (exact) mass is 827 g/mol. The molecule has 4 aliphatic carbocycles. The highest BCUT2D eigenvalue weighted by Crippen LogP contribution is 2.65. The number of hydrogen-bond donors (Lipinski definition) is 0. The van der Waals surface area contributed by atoms with Crippen molar-refractivity contribution in [3.8, 4) is 55.6 Å². The Morgan fingerprint density at radius 3 is 1.23 bits per heavy atom. The third-order valence-electron chi connectivity index (χ3n) is 15.2. The van der Waals surface area contributed by atoms with Crippen molar-refractivity contribution in [2.24, 2.45) is 0 Å². The standard InChI is InChI=1S/C61H43F2N/c1-59(2)51-17-8-5-12-43(51)46-30-26-40(34-54(46)59)64(41-27-31-47-44-13-6-9-18-52(44)60(3,4)55(47)35-41)39-24-20-36(21-25-39)42-15-11-16-50-45-14-7-10-19-53(45)61(58(42)50)56-32-37(62)22-28-48(56)49-29-23-38(63)33-57(49)61/h5-35H,1-4H3. The predicted octanol–water partition coefficient (Wildman–Crippen LogP) is 16.1. The van der Waals surface area contributed by atoms with Crippen molar-refractivity contribution in [2.45, 2.75) is 43.9 Å². The highest BCUT2D eigenvalue weighted by Gasteiger charge is 2.53. The average Bonchev–Trinajstić information content (AvgIpc) is 3.94. The molecule has 0 aliphatic heterocycles. The summed E-state index contributed by atoms with van der Waals surface area (Å²) < 4.78 is 31.1. The fraction of sp³-hybridized carbons (Fsp3) is 0.115. The molecule has 0 unspecified atom stereocenters. The molecule has 0 amide bonds. The fourth-order valence-corrected chi connectivity index (χ4v) is 12.3. The van der Waals surface area contributed by atoms with Crippen molar-refractivity contribution in [2.75, 3.05) is 4.90 Å². The summed E-state index contributed by atoms with van der Waals surface area (Å²) in [5.74, 6) is -0.617. The largest absolute Gasteiger partial charge is 0.310 e. The van der Waals surface area contributed by atoms with Gasteiger partial charge in [-0.2, -0.15) is 0 Å². The quantitative estimate of drug-likeness (QED) is 0.171. The zero-order valence-corrected chi connectivity index (χ0v) is 36.1. The topological polar surface area (TPSA) is 3.24 Å². The number of benzene rings is 9. The van der Waals surface area contributed by atoms with Crippen molar-refractivity contribution >= 4 is 17.1 Å². The molecule has 3 heteroatoms. The summed E-state index contributed by atoms with van der Waals surface area (Å²) in [6, 6.07) is 65.4. The summed E-state index contributed by atoms with van der Waals surface area (Å²) in [6.45, 7) is 9.35. The van der Waals surface area contributed by atoms with Crippen molar-refractivity contribution in [1.29, 1.82) is 0 Å². The van der Waals surface area contributed by atoms with Gasteiger partial charge in [-0.3, -0.25) is 0 Å². The van der Waals surface area contributed by atoms with Gasteiger partial charge in [-0.15, -0.1) is 0 Å². The first-order valence-electron chi connectivity index (χ1n) is 22.3. The number of anilines is 3. The Morgan fingerprint density at radius 1 is 0.312 bits per heavy atom. The van der Waals surface area contributed by atoms with Gasteiger partial charge in [-0.05, 0) is 161 Å². The minimum absolute atomic E-state index is 0.163. The zero-order chi connectivity index (χ0) is 43.3. The van der Waals surface area contributed by atoms with Crippen LogP contribution in [0.2, 0.25) is 0 Å². The van der Waals surface area contributed by atoms with Crippen LogP contribution in [0.5, 0.6) is 0 Å². The van der Waals surface area contributed by atoms with Crippen molar-refractivity contribution in [3.63, 3.8) is 0 Å². The minimum Gasteiger partial charge on any atom is -0.310 e. The van der Waals surface area contributed by atoms with E-state index in [4.69, 9.17) is 0 Å². The molecule has 1 nitrogen and oxygen atoms in total. The van der Waals surface area contributed by atoms with Crippen LogP contribution in [-0.4, -0.2) is 0 Å². The second kappa shape index (κ2) is 12.9. The molecule has 0 saturated heterocycles. The molecular formula is C61H43F2N. The van der Waals surface area contributed by atoms with E-state index in [-0.39, 0.29) is 22.5 Å². The third-order valence-corrected chi connectivity index (χ3v) is 15.2. The Morgan fingerprint density at radius 2 is 0.703 bits per heavy atom. The smallest absolute Gasteiger partial charge is 0.123 e. The predicted molar refractivity (Wildman–Crippen MR) is 258 cm³/mol. The molecule has 0 atom stereocenters. The van der Waals surface area contributed by atoms with Crippen LogP contribution in [0.15, 0.2) is 188 Å². The van der Waals surface area contributed by atoms with Gasteiger partial charge >= 0.3 is 0 Å². The van der Waals surface area contributed by atoms with Crippen LogP contribution in [0.1, 0.15) is 72.2 Å². The third kappa shape index (κ3) is 4.77. The number of nitrogens with zero attached hydrogens (tertiary/aromatic N) is 1. The van der Waals surface area contributed by atoms with E-state index in [1.807, 2.05) is 18.2 Å². The molecule has 64 heavy (non-hydrogen) atoms. The summed E-state index contributed by atoms with van der Waals surface area (Å²) in [5.41, 5.74) is 22.4. The molecule has 0 heterocycles. The fourth-order valence-electron chi connectivity index (χ4n) is 12.3. The van der Waals surface area contributed by atoms with E-state index in [1.54, 1.807) is 12.1 Å². The first-order valence-corrected chi connectivity index (χ1v) is 22.3. The second-order valence-corrected chi connectivity index (χ2v) is 19.1. The van der Waals surface area contributed by atoms with Crippen molar-refractivity contribution < 1.29 is 8.78 Å². The van der Waals surface area contributed by atoms with Crippen LogP contribution in [-0.2, 0) is 16.2 Å². The van der Waals surface area contributed by atoms with Crippen LogP contribution >= 0.6 is 0 Å². The van der Waals surface area contributed by atoms with Gasteiger partial charge in [0.15, 0.2) is 0 Å². The Kier molecular flexibility index (Phi) is 7.48. The lowest BCUT2D eigenvalue weighted by Crippen LogP contribution is -2.27. The molecule has 1 spiro atoms. The highest BCUT2D eigenvalue weighted by atomic mass is 19.1. The molecule has 9 aromatic rings. The molecule has 0 aromatic heterocycles. The average molecular weight is 828 g/mol. The molecule has 9 aromatic carbocycles. The van der Waals surface area contributed by atoms with E-state index < -0.39 is 5.41 Å². The summed E-state index contributed by atoms with van der Waals surface area (Å²) in [5, 5.41) is 0. The Balaban J connectivity index is 1.00. The Bertz CT molecular complexity index is 3320. The zero-order valence-electron chi connectivity index (χ0n) is 36.1. The maximum atomic E-state index is 15.6. The molecule has 0 fully saturated rings. The van der Waals surface area contributed by atoms with Crippen molar-refractivity contribution in [3.05, 3.63) is 244 Å². The lowest BCUT2D eigenvalue weighted by Gasteiger charge is -2.32. The van der Waals surface area contributed by atoms with Gasteiger partial charge < -0.3 is 4.90 Å². The van der Waals surface area contributed by atoms with Gasteiger partial charge in [-0.1, -0.05) is 155 Å². The summed E-state index contributed by atoms with van der Waals surface area (Å²) in [4.78, 5) is 2.41. The molecule has 13 rings (SSSR count). The number of halogens is 2. The number of rotatable bonds is 4. The molecule has 0 N–H and O–H groups in total. The summed E-state index contributed by atoms with van der Waals surface area (Å²) >= 11 is 0. The van der Waals surface area contributed by atoms with Gasteiger partial charge in [0, 0.05) is 27.9 Å². The van der Waals surface area contributed by atoms with E-state index in [0.29, 0.717) is 0 Å². The summed E-state index contributed by atoms with van der Waals surface area (Å²) in [6.07, 6.45) is 0. The van der Waals surface area contributed by atoms with E-state index in [0.717, 1.165) is 72.7 Å². The summed E-state index contributed by atoms with van der Waals surface area (Å²) in [7, 11) is 0. The van der Waals surface area contributed by atoms with Crippen molar-refractivity contribution in [1.82, 2.24) is 0 Å². The van der Waals surface area contributed by atoms with Crippen LogP contribution in [0.4, 0.5) is 25.8 Å². The van der Waals surface area contributed by atoms with Gasteiger partial charge in [0.05, 0.1) is 5.41 Å². The second-order valence-electron chi connectivity index (χ2n) is 19.1. The molecule has 0 radical (unpaired) electrons. The van der Waals surface area contributed by atoms with E-state index in [9.17, 15) is 0 Å². The van der Waals surface area contributed by atoms with Crippen LogP contribution in [0, 0.1) is 11.6 Å². The normalized spacial score (nSPS) is 15.4. The van der Waals surface area contributed by atoms with E-state index in [2.05, 4.69) is 178 Å². The Hall–Kier alpha value is -7.36. The highest BCUT2D eigenvalue weighted by molar-refractivity contribution is 5.99. The SMILES string of the molecule is CC1(C)c2ccccc2-c2ccc(N(c3ccc(-c4cccc5c4C4(c6cc(F)ccc6-c6ccc(F)cc64)c4ccccc4-5)cc3)c3ccc4c(c3)C(C)(C)c3ccccc3-4)cc21. The molecule has 0 saturated carbocycles. The number of fused-ring (bicyclic) bond motifs is 16. The molecule has 0 bridgehead atoms. The van der Waals surface area contributed by atoms with E-state index >= 15 is 8.78 Å². The first-order chi connectivity index (χ1) is 31.1. The maximum Gasteiger partial charge on any atom is 0.123 e. The first kappa shape index (κ1) is 37.2.